The second-order valence-electron chi connectivity index (χ2n) is 5.52. The van der Waals surface area contributed by atoms with Crippen LogP contribution < -0.4 is 0 Å². The van der Waals surface area contributed by atoms with Crippen LogP contribution in [0.2, 0.25) is 10.0 Å². The van der Waals surface area contributed by atoms with Gasteiger partial charge in [0, 0.05) is 17.0 Å². The van der Waals surface area contributed by atoms with Crippen molar-refractivity contribution in [3.63, 3.8) is 0 Å². The fourth-order valence-corrected chi connectivity index (χ4v) is 3.53. The second-order valence-corrected chi connectivity index (χ2v) is 7.19. The van der Waals surface area contributed by atoms with Crippen LogP contribution in [0.3, 0.4) is 0 Å². The number of hydrogen-bond donors (Lipinski definition) is 0. The molecule has 132 valence electrons. The molecule has 4 rings (SSSR count). The molecule has 0 aliphatic heterocycles. The highest BCUT2D eigenvalue weighted by molar-refractivity contribution is 7.11. The Bertz CT molecular complexity index is 1170. The Morgan fingerprint density at radius 2 is 2.00 bits per heavy atom. The summed E-state index contributed by atoms with van der Waals surface area (Å²) in [5, 5.41) is 12.9. The van der Waals surface area contributed by atoms with Crippen LogP contribution in [0.4, 0.5) is 0 Å². The predicted octanol–water partition coefficient (Wildman–Crippen LogP) is 7.03. The van der Waals surface area contributed by atoms with Crippen LogP contribution in [0.15, 0.2) is 62.9 Å². The van der Waals surface area contributed by atoms with Crippen molar-refractivity contribution in [2.45, 2.75) is 0 Å². The topological polar surface area (TPSA) is 63.0 Å². The molecule has 0 aliphatic rings. The number of halogens is 2. The van der Waals surface area contributed by atoms with Gasteiger partial charge in [-0.2, -0.15) is 5.26 Å². The summed E-state index contributed by atoms with van der Waals surface area (Å²) < 4.78 is 11.2. The van der Waals surface area contributed by atoms with Crippen LogP contribution in [0.1, 0.15) is 10.8 Å². The fraction of sp³-hybridized carbons (Fsp3) is 0. The van der Waals surface area contributed by atoms with Gasteiger partial charge in [0.25, 0.3) is 0 Å². The minimum Gasteiger partial charge on any atom is -0.463 e. The Labute approximate surface area is 168 Å². The van der Waals surface area contributed by atoms with E-state index in [1.165, 1.54) is 11.3 Å². The number of allylic oxidation sites excluding steroid dienone is 1. The summed E-state index contributed by atoms with van der Waals surface area (Å²) >= 11 is 13.4. The summed E-state index contributed by atoms with van der Waals surface area (Å²) in [6.45, 7) is 0. The van der Waals surface area contributed by atoms with Crippen molar-refractivity contribution < 1.29 is 8.83 Å². The third-order valence-electron chi connectivity index (χ3n) is 3.75. The van der Waals surface area contributed by atoms with Gasteiger partial charge >= 0.3 is 0 Å². The van der Waals surface area contributed by atoms with Crippen molar-refractivity contribution in [3.05, 3.63) is 74.9 Å². The van der Waals surface area contributed by atoms with Gasteiger partial charge in [0.1, 0.15) is 28.3 Å². The Hall–Kier alpha value is -2.78. The Kier molecular flexibility index (Phi) is 4.87. The molecule has 3 aromatic heterocycles. The summed E-state index contributed by atoms with van der Waals surface area (Å²) in [7, 11) is 0. The molecule has 0 saturated heterocycles. The number of aromatic nitrogens is 1. The summed E-state index contributed by atoms with van der Waals surface area (Å²) in [6, 6.07) is 14.7. The molecule has 0 saturated carbocycles. The van der Waals surface area contributed by atoms with Gasteiger partial charge in [-0.15, -0.1) is 11.3 Å². The first-order valence-electron chi connectivity index (χ1n) is 7.81. The average Bonchev–Trinajstić information content (AvgIpc) is 3.42. The molecular weight excluding hydrogens is 403 g/mol. The maximum Gasteiger partial charge on any atom is 0.153 e. The molecule has 27 heavy (non-hydrogen) atoms. The number of thiazole rings is 1. The number of rotatable bonds is 4. The zero-order chi connectivity index (χ0) is 18.8. The lowest BCUT2D eigenvalue weighted by atomic mass is 10.2. The quantitative estimate of drug-likeness (QED) is 0.337. The van der Waals surface area contributed by atoms with Gasteiger partial charge in [-0.1, -0.05) is 23.2 Å². The molecule has 0 radical (unpaired) electrons. The number of benzene rings is 1. The smallest absolute Gasteiger partial charge is 0.153 e. The maximum absolute atomic E-state index is 9.52. The molecule has 4 nitrogen and oxygen atoms in total. The molecule has 1 aromatic carbocycles. The highest BCUT2D eigenvalue weighted by Gasteiger charge is 2.12. The Balaban J connectivity index is 1.63. The minimum atomic E-state index is 0.410. The van der Waals surface area contributed by atoms with Gasteiger partial charge in [-0.25, -0.2) is 4.98 Å². The van der Waals surface area contributed by atoms with Crippen LogP contribution in [0.25, 0.3) is 34.4 Å². The molecule has 0 fully saturated rings. The summed E-state index contributed by atoms with van der Waals surface area (Å²) in [6.07, 6.45) is 3.24. The van der Waals surface area contributed by atoms with Crippen LogP contribution in [0.5, 0.6) is 0 Å². The van der Waals surface area contributed by atoms with Crippen LogP contribution in [-0.4, -0.2) is 4.98 Å². The number of hydrogen-bond acceptors (Lipinski definition) is 5. The fourth-order valence-electron chi connectivity index (χ4n) is 2.45. The van der Waals surface area contributed by atoms with Crippen LogP contribution >= 0.6 is 34.5 Å². The number of furan rings is 2. The normalized spacial score (nSPS) is 11.5. The minimum absolute atomic E-state index is 0.410. The molecule has 0 aliphatic carbocycles. The highest BCUT2D eigenvalue weighted by atomic mass is 35.5. The van der Waals surface area contributed by atoms with Crippen molar-refractivity contribution in [2.75, 3.05) is 0 Å². The molecular formula is C20H10Cl2N2O2S. The summed E-state index contributed by atoms with van der Waals surface area (Å²) in [4.78, 5) is 4.47. The zero-order valence-electron chi connectivity index (χ0n) is 13.6. The van der Waals surface area contributed by atoms with Crippen molar-refractivity contribution in [1.29, 1.82) is 5.26 Å². The largest absolute Gasteiger partial charge is 0.463 e. The second kappa shape index (κ2) is 7.45. The maximum atomic E-state index is 9.52. The molecule has 0 spiro atoms. The van der Waals surface area contributed by atoms with E-state index < -0.39 is 0 Å². The molecule has 0 amide bonds. The Morgan fingerprint density at radius 1 is 1.11 bits per heavy atom. The van der Waals surface area contributed by atoms with E-state index >= 15 is 0 Å². The molecule has 0 N–H and O–H groups in total. The average molecular weight is 413 g/mol. The van der Waals surface area contributed by atoms with E-state index in [1.54, 1.807) is 36.6 Å². The molecule has 0 atom stereocenters. The van der Waals surface area contributed by atoms with Crippen molar-refractivity contribution in [2.24, 2.45) is 0 Å². The van der Waals surface area contributed by atoms with Crippen LogP contribution in [-0.2, 0) is 0 Å². The number of nitriles is 1. The van der Waals surface area contributed by atoms with Crippen molar-refractivity contribution in [1.82, 2.24) is 4.98 Å². The van der Waals surface area contributed by atoms with Gasteiger partial charge in [0.2, 0.25) is 0 Å². The standard InChI is InChI=1S/C20H10Cl2N2O2S/c21-15-5-3-12(9-16(15)22)18-6-4-14(26-18)8-13(10-23)20-24-17(11-27-20)19-2-1-7-25-19/h1-9,11H/b13-8+. The zero-order valence-corrected chi connectivity index (χ0v) is 16.0. The van der Waals surface area contributed by atoms with E-state index in [2.05, 4.69) is 11.1 Å². The van der Waals surface area contributed by atoms with Gasteiger partial charge < -0.3 is 8.83 Å². The van der Waals surface area contributed by atoms with E-state index in [-0.39, 0.29) is 0 Å². The van der Waals surface area contributed by atoms with Gasteiger partial charge in [0.05, 0.1) is 21.9 Å². The highest BCUT2D eigenvalue weighted by Crippen LogP contribution is 2.31. The van der Waals surface area contributed by atoms with E-state index in [0.717, 1.165) is 5.56 Å². The lowest BCUT2D eigenvalue weighted by molar-refractivity contribution is 0.572. The van der Waals surface area contributed by atoms with Crippen molar-refractivity contribution in [3.8, 4) is 28.8 Å². The van der Waals surface area contributed by atoms with Gasteiger partial charge in [-0.3, -0.25) is 0 Å². The summed E-state index contributed by atoms with van der Waals surface area (Å²) in [5.74, 6) is 1.84. The first-order chi connectivity index (χ1) is 13.1. The Morgan fingerprint density at radius 3 is 2.74 bits per heavy atom. The first kappa shape index (κ1) is 17.6. The van der Waals surface area contributed by atoms with E-state index in [0.29, 0.717) is 43.6 Å². The molecule has 0 unspecified atom stereocenters. The monoisotopic (exact) mass is 412 g/mol. The third-order valence-corrected chi connectivity index (χ3v) is 5.36. The third kappa shape index (κ3) is 3.69. The molecule has 7 heteroatoms. The predicted molar refractivity (Wildman–Crippen MR) is 107 cm³/mol. The lowest BCUT2D eigenvalue weighted by Gasteiger charge is -1.99. The summed E-state index contributed by atoms with van der Waals surface area (Å²) in [5.41, 5.74) is 1.90. The van der Waals surface area contributed by atoms with E-state index in [9.17, 15) is 5.26 Å². The van der Waals surface area contributed by atoms with Crippen molar-refractivity contribution >= 4 is 46.2 Å². The van der Waals surface area contributed by atoms with Crippen LogP contribution in [0, 0.1) is 11.3 Å². The SMILES string of the molecule is N#C/C(=C\c1ccc(-c2ccc(Cl)c(Cl)c2)o1)c1nc(-c2ccco2)cs1. The van der Waals surface area contributed by atoms with E-state index in [1.807, 2.05) is 23.6 Å². The van der Waals surface area contributed by atoms with E-state index in [4.69, 9.17) is 32.0 Å². The lowest BCUT2D eigenvalue weighted by Crippen LogP contribution is -1.81. The molecule has 3 heterocycles. The van der Waals surface area contributed by atoms with Gasteiger partial charge in [-0.05, 0) is 42.5 Å². The first-order valence-corrected chi connectivity index (χ1v) is 9.44. The molecule has 0 bridgehead atoms. The van der Waals surface area contributed by atoms with Gasteiger partial charge in [0.15, 0.2) is 5.76 Å². The molecule has 4 aromatic rings. The number of nitrogens with zero attached hydrogens (tertiary/aromatic N) is 2.